The number of hydrogen-bond donors (Lipinski definition) is 0. The number of benzene rings is 1. The zero-order valence-electron chi connectivity index (χ0n) is 17.0. The number of piperazine rings is 1. The molecule has 0 N–H and O–H groups in total. The summed E-state index contributed by atoms with van der Waals surface area (Å²) in [5.41, 5.74) is 1.48. The van der Waals surface area contributed by atoms with E-state index in [-0.39, 0.29) is 10.8 Å². The lowest BCUT2D eigenvalue weighted by molar-refractivity contribution is -0.132. The van der Waals surface area contributed by atoms with Crippen LogP contribution in [0.5, 0.6) is 0 Å². The second-order valence-corrected chi connectivity index (χ2v) is 10.5. The summed E-state index contributed by atoms with van der Waals surface area (Å²) in [4.78, 5) is 20.2. The summed E-state index contributed by atoms with van der Waals surface area (Å²) in [5, 5.41) is 2.86. The number of pyridine rings is 1. The number of nitrogens with zero attached hydrogens (tertiary/aromatic N) is 3. The van der Waals surface area contributed by atoms with Gasteiger partial charge in [0.2, 0.25) is 15.9 Å². The highest BCUT2D eigenvalue weighted by atomic mass is 32.2. The Morgan fingerprint density at radius 2 is 1.93 bits per heavy atom. The fourth-order valence-electron chi connectivity index (χ4n) is 3.79. The number of carbonyl (C=O) groups is 1. The van der Waals surface area contributed by atoms with Crippen molar-refractivity contribution in [2.24, 2.45) is 0 Å². The monoisotopic (exact) mass is 443 g/mol. The second-order valence-electron chi connectivity index (χ2n) is 7.56. The van der Waals surface area contributed by atoms with Crippen LogP contribution in [-0.2, 0) is 21.2 Å². The average molecular weight is 444 g/mol. The first-order chi connectivity index (χ1) is 14.4. The van der Waals surface area contributed by atoms with Crippen LogP contribution < -0.4 is 0 Å². The summed E-state index contributed by atoms with van der Waals surface area (Å²) in [6, 6.07) is 11.3. The molecule has 0 bridgehead atoms. The number of hydrogen-bond acceptors (Lipinski definition) is 5. The Morgan fingerprint density at radius 3 is 2.67 bits per heavy atom. The average Bonchev–Trinajstić information content (AvgIpc) is 3.26. The predicted molar refractivity (Wildman–Crippen MR) is 119 cm³/mol. The first kappa shape index (κ1) is 21.0. The maximum Gasteiger partial charge on any atom is 0.245 e. The Hall–Kier alpha value is -2.29. The smallest absolute Gasteiger partial charge is 0.245 e. The highest BCUT2D eigenvalue weighted by Crippen LogP contribution is 2.25. The van der Waals surface area contributed by atoms with Crippen molar-refractivity contribution in [2.45, 2.75) is 31.1 Å². The van der Waals surface area contributed by atoms with E-state index in [0.717, 1.165) is 23.8 Å². The van der Waals surface area contributed by atoms with Crippen LogP contribution in [0, 0.1) is 6.92 Å². The molecule has 8 heteroatoms. The number of sulfonamides is 1. The maximum atomic E-state index is 13.2. The third-order valence-electron chi connectivity index (χ3n) is 5.41. The fourth-order valence-corrected chi connectivity index (χ4v) is 6.13. The van der Waals surface area contributed by atoms with Crippen LogP contribution in [-0.4, -0.2) is 54.7 Å². The molecule has 1 saturated heterocycles. The number of rotatable bonds is 6. The van der Waals surface area contributed by atoms with Gasteiger partial charge in [0.25, 0.3) is 0 Å². The van der Waals surface area contributed by atoms with Crippen molar-refractivity contribution in [3.63, 3.8) is 0 Å². The summed E-state index contributed by atoms with van der Waals surface area (Å²) in [6.45, 7) is 3.40. The number of amides is 1. The molecule has 0 unspecified atom stereocenters. The number of para-hydroxylation sites is 1. The van der Waals surface area contributed by atoms with E-state index in [2.05, 4.69) is 11.1 Å². The predicted octanol–water partition coefficient (Wildman–Crippen LogP) is 3.46. The Kier molecular flexibility index (Phi) is 6.17. The van der Waals surface area contributed by atoms with E-state index in [4.69, 9.17) is 0 Å². The lowest BCUT2D eigenvalue weighted by Gasteiger charge is -2.34. The van der Waals surface area contributed by atoms with Crippen LogP contribution in [0.3, 0.4) is 0 Å². The minimum Gasteiger partial charge on any atom is -0.340 e. The summed E-state index contributed by atoms with van der Waals surface area (Å²) in [5.74, 6) is 0.103. The molecule has 1 amide bonds. The molecule has 0 spiro atoms. The van der Waals surface area contributed by atoms with Crippen molar-refractivity contribution in [2.75, 3.05) is 26.2 Å². The second kappa shape index (κ2) is 8.83. The molecule has 3 aromatic rings. The SMILES string of the molecule is Cc1cnc2c(S(=O)(=O)N3CCN(C(=O)CCCc4cccs4)CC3)cccc2c1. The van der Waals surface area contributed by atoms with Crippen molar-refractivity contribution < 1.29 is 13.2 Å². The van der Waals surface area contributed by atoms with Crippen molar-refractivity contribution in [3.05, 3.63) is 58.4 Å². The summed E-state index contributed by atoms with van der Waals surface area (Å²) in [6.07, 6.45) is 3.91. The summed E-state index contributed by atoms with van der Waals surface area (Å²) < 4.78 is 28.0. The van der Waals surface area contributed by atoms with Gasteiger partial charge in [-0.2, -0.15) is 4.31 Å². The van der Waals surface area contributed by atoms with Gasteiger partial charge < -0.3 is 4.90 Å². The lowest BCUT2D eigenvalue weighted by Crippen LogP contribution is -2.50. The summed E-state index contributed by atoms with van der Waals surface area (Å²) >= 11 is 1.71. The van der Waals surface area contributed by atoms with Gasteiger partial charge >= 0.3 is 0 Å². The highest BCUT2D eigenvalue weighted by Gasteiger charge is 2.31. The van der Waals surface area contributed by atoms with E-state index in [1.165, 1.54) is 9.18 Å². The van der Waals surface area contributed by atoms with E-state index in [1.807, 2.05) is 30.5 Å². The van der Waals surface area contributed by atoms with Crippen molar-refractivity contribution in [1.82, 2.24) is 14.2 Å². The molecule has 1 fully saturated rings. The summed E-state index contributed by atoms with van der Waals surface area (Å²) in [7, 11) is -3.66. The molecule has 30 heavy (non-hydrogen) atoms. The van der Waals surface area contributed by atoms with E-state index in [9.17, 15) is 13.2 Å². The zero-order valence-corrected chi connectivity index (χ0v) is 18.6. The standard InChI is InChI=1S/C22H25N3O3S2/c1-17-15-18-5-2-8-20(22(18)23-16-17)30(27,28)25-12-10-24(11-13-25)21(26)9-3-6-19-7-4-14-29-19/h2,4-5,7-8,14-16H,3,6,9-13H2,1H3. The first-order valence-electron chi connectivity index (χ1n) is 10.1. The molecule has 1 aromatic carbocycles. The van der Waals surface area contributed by atoms with Crippen molar-refractivity contribution in [1.29, 1.82) is 0 Å². The molecular weight excluding hydrogens is 418 g/mol. The van der Waals surface area contributed by atoms with Crippen LogP contribution in [0.15, 0.2) is 52.9 Å². The van der Waals surface area contributed by atoms with Crippen LogP contribution in [0.2, 0.25) is 0 Å². The molecule has 4 rings (SSSR count). The third-order valence-corrected chi connectivity index (χ3v) is 8.28. The minimum atomic E-state index is -3.66. The zero-order chi connectivity index (χ0) is 21.1. The number of carbonyl (C=O) groups excluding carboxylic acids is 1. The number of aromatic nitrogens is 1. The van der Waals surface area contributed by atoms with Crippen LogP contribution in [0.25, 0.3) is 10.9 Å². The van der Waals surface area contributed by atoms with E-state index >= 15 is 0 Å². The first-order valence-corrected chi connectivity index (χ1v) is 12.4. The Morgan fingerprint density at radius 1 is 1.13 bits per heavy atom. The third kappa shape index (κ3) is 4.40. The highest BCUT2D eigenvalue weighted by molar-refractivity contribution is 7.89. The maximum absolute atomic E-state index is 13.2. The normalized spacial score (nSPS) is 15.6. The molecule has 1 aliphatic rings. The molecule has 158 valence electrons. The number of aryl methyl sites for hydroxylation is 2. The van der Waals surface area contributed by atoms with Gasteiger partial charge in [0, 0.05) is 49.1 Å². The van der Waals surface area contributed by atoms with E-state index < -0.39 is 10.0 Å². The molecule has 0 saturated carbocycles. The topological polar surface area (TPSA) is 70.6 Å². The Bertz CT molecular complexity index is 1140. The van der Waals surface area contributed by atoms with Crippen LogP contribution >= 0.6 is 11.3 Å². The van der Waals surface area contributed by atoms with Gasteiger partial charge in [0.05, 0.1) is 5.52 Å². The molecule has 2 aromatic heterocycles. The van der Waals surface area contributed by atoms with E-state index in [0.29, 0.717) is 38.1 Å². The van der Waals surface area contributed by atoms with Gasteiger partial charge in [-0.25, -0.2) is 8.42 Å². The molecule has 0 atom stereocenters. The van der Waals surface area contributed by atoms with Gasteiger partial charge in [-0.15, -0.1) is 11.3 Å². The largest absolute Gasteiger partial charge is 0.340 e. The Labute approximate surface area is 181 Å². The molecule has 0 radical (unpaired) electrons. The number of thiophene rings is 1. The number of fused-ring (bicyclic) bond motifs is 1. The fraction of sp³-hybridized carbons (Fsp3) is 0.364. The van der Waals surface area contributed by atoms with Gasteiger partial charge in [-0.1, -0.05) is 18.2 Å². The Balaban J connectivity index is 1.39. The molecule has 3 heterocycles. The molecule has 0 aliphatic carbocycles. The molecule has 6 nitrogen and oxygen atoms in total. The van der Waals surface area contributed by atoms with E-state index in [1.54, 1.807) is 34.6 Å². The molecule has 1 aliphatic heterocycles. The van der Waals surface area contributed by atoms with Gasteiger partial charge in [-0.05, 0) is 48.9 Å². The van der Waals surface area contributed by atoms with Crippen molar-refractivity contribution in [3.8, 4) is 0 Å². The van der Waals surface area contributed by atoms with Gasteiger partial charge in [0.1, 0.15) is 4.90 Å². The van der Waals surface area contributed by atoms with Crippen molar-refractivity contribution >= 4 is 38.2 Å². The minimum absolute atomic E-state index is 0.103. The van der Waals surface area contributed by atoms with Crippen LogP contribution in [0.1, 0.15) is 23.3 Å². The molecular formula is C22H25N3O3S2. The lowest BCUT2D eigenvalue weighted by atomic mass is 10.2. The van der Waals surface area contributed by atoms with Gasteiger partial charge in [-0.3, -0.25) is 9.78 Å². The van der Waals surface area contributed by atoms with Crippen LogP contribution in [0.4, 0.5) is 0 Å². The van der Waals surface area contributed by atoms with Gasteiger partial charge in [0.15, 0.2) is 0 Å². The quantitative estimate of drug-likeness (QED) is 0.585.